The summed E-state index contributed by atoms with van der Waals surface area (Å²) in [5, 5.41) is 2.69. The van der Waals surface area contributed by atoms with Crippen LogP contribution in [0, 0.1) is 0 Å². The van der Waals surface area contributed by atoms with E-state index in [9.17, 15) is 22.4 Å². The van der Waals surface area contributed by atoms with Crippen LogP contribution in [-0.4, -0.2) is 31.6 Å². The molecule has 2 rings (SSSR count). The number of carbonyl (C=O) groups is 1. The first-order valence-corrected chi connectivity index (χ1v) is 7.74. The largest absolute Gasteiger partial charge is 0.480 e. The summed E-state index contributed by atoms with van der Waals surface area (Å²) < 4.78 is 58.8. The second-order valence-electron chi connectivity index (χ2n) is 5.02. The van der Waals surface area contributed by atoms with Crippen LogP contribution in [0.15, 0.2) is 53.5 Å². The fourth-order valence-electron chi connectivity index (χ4n) is 1.90. The van der Waals surface area contributed by atoms with E-state index < -0.39 is 24.3 Å². The molecule has 0 radical (unpaired) electrons. The highest BCUT2D eigenvalue weighted by atomic mass is 35.5. The maximum absolute atomic E-state index is 12.8. The van der Waals surface area contributed by atoms with Crippen molar-refractivity contribution in [1.29, 1.82) is 0 Å². The van der Waals surface area contributed by atoms with Crippen LogP contribution in [0.5, 0.6) is 5.75 Å². The number of methoxy groups -OCH3 is 1. The molecule has 0 aromatic heterocycles. The average Bonchev–Trinajstić information content (AvgIpc) is 2.61. The Bertz CT molecular complexity index is 829. The highest BCUT2D eigenvalue weighted by molar-refractivity contribution is 6.34. The summed E-state index contributed by atoms with van der Waals surface area (Å²) in [6, 6.07) is 10.1. The lowest BCUT2D eigenvalue weighted by atomic mass is 10.2. The number of nitrogens with zero attached hydrogens (tertiary/aromatic N) is 1. The van der Waals surface area contributed by atoms with Crippen molar-refractivity contribution in [1.82, 2.24) is 0 Å². The zero-order valence-electron chi connectivity index (χ0n) is 13.8. The number of aliphatic imine (C=N–C) groups is 1. The minimum Gasteiger partial charge on any atom is -0.480 e. The third kappa shape index (κ3) is 5.58. The monoisotopic (exact) mass is 404 g/mol. The maximum atomic E-state index is 12.8. The first-order valence-electron chi connectivity index (χ1n) is 7.36. The van der Waals surface area contributed by atoms with Gasteiger partial charge in [-0.1, -0.05) is 23.7 Å². The minimum absolute atomic E-state index is 0.0328. The molecule has 0 heterocycles. The van der Waals surface area contributed by atoms with Gasteiger partial charge in [0.2, 0.25) is 5.90 Å². The molecule has 2 aromatic rings. The van der Waals surface area contributed by atoms with Crippen LogP contribution in [0.25, 0.3) is 0 Å². The van der Waals surface area contributed by atoms with E-state index >= 15 is 0 Å². The molecule has 0 aliphatic rings. The Hall–Kier alpha value is -2.81. The first kappa shape index (κ1) is 20.5. The third-order valence-electron chi connectivity index (χ3n) is 3.11. The standard InChI is InChI=1S/C17H13ClF4N2O3/c1-26-14(12-4-2-3-5-13(12)18)24-16(25)23-10-6-8-11(9-7-10)27-17(21,22)15(19)20/h2-9,15H,1H3,(H,23,25). The third-order valence-corrected chi connectivity index (χ3v) is 3.44. The Kier molecular flexibility index (Phi) is 6.62. The Labute approximate surface area is 156 Å². The van der Waals surface area contributed by atoms with E-state index in [1.54, 1.807) is 24.3 Å². The van der Waals surface area contributed by atoms with Gasteiger partial charge in [-0.05, 0) is 36.4 Å². The highest BCUT2D eigenvalue weighted by Gasteiger charge is 2.43. The van der Waals surface area contributed by atoms with Crippen LogP contribution in [-0.2, 0) is 4.74 Å². The van der Waals surface area contributed by atoms with Crippen molar-refractivity contribution < 1.29 is 31.8 Å². The Balaban J connectivity index is 2.08. The molecule has 2 amide bonds. The minimum atomic E-state index is -4.61. The second kappa shape index (κ2) is 8.72. The average molecular weight is 405 g/mol. The quantitative estimate of drug-likeness (QED) is 0.423. The number of carbonyl (C=O) groups excluding carboxylic acids is 1. The molecule has 0 unspecified atom stereocenters. The number of alkyl halides is 4. The first-order chi connectivity index (χ1) is 12.7. The summed E-state index contributed by atoms with van der Waals surface area (Å²) in [6.45, 7) is 0. The topological polar surface area (TPSA) is 59.9 Å². The van der Waals surface area contributed by atoms with Gasteiger partial charge in [0.05, 0.1) is 17.7 Å². The van der Waals surface area contributed by atoms with Gasteiger partial charge in [0.25, 0.3) is 0 Å². The van der Waals surface area contributed by atoms with Gasteiger partial charge >= 0.3 is 18.6 Å². The van der Waals surface area contributed by atoms with E-state index in [0.29, 0.717) is 10.6 Å². The number of nitrogens with one attached hydrogen (secondary N) is 1. The van der Waals surface area contributed by atoms with Crippen LogP contribution in [0.2, 0.25) is 5.02 Å². The Morgan fingerprint density at radius 2 is 1.78 bits per heavy atom. The highest BCUT2D eigenvalue weighted by Crippen LogP contribution is 2.28. The van der Waals surface area contributed by atoms with Crippen molar-refractivity contribution in [3.63, 3.8) is 0 Å². The molecule has 0 aliphatic carbocycles. The molecular weight excluding hydrogens is 392 g/mol. The molecule has 0 aliphatic heterocycles. The van der Waals surface area contributed by atoms with Gasteiger partial charge in [0.15, 0.2) is 0 Å². The molecule has 144 valence electrons. The van der Waals surface area contributed by atoms with Gasteiger partial charge in [-0.15, -0.1) is 0 Å². The van der Waals surface area contributed by atoms with Crippen molar-refractivity contribution in [2.45, 2.75) is 12.5 Å². The molecule has 27 heavy (non-hydrogen) atoms. The molecule has 0 fully saturated rings. The van der Waals surface area contributed by atoms with Crippen LogP contribution in [0.4, 0.5) is 28.0 Å². The van der Waals surface area contributed by atoms with E-state index in [2.05, 4.69) is 15.0 Å². The van der Waals surface area contributed by atoms with Crippen molar-refractivity contribution in [3.8, 4) is 5.75 Å². The molecule has 0 spiro atoms. The number of anilines is 1. The van der Waals surface area contributed by atoms with E-state index in [0.717, 1.165) is 12.1 Å². The summed E-state index contributed by atoms with van der Waals surface area (Å²) >= 11 is 6.01. The number of benzene rings is 2. The molecule has 0 saturated heterocycles. The molecule has 5 nitrogen and oxygen atoms in total. The summed E-state index contributed by atoms with van der Waals surface area (Å²) in [4.78, 5) is 15.7. The lowest BCUT2D eigenvalue weighted by Crippen LogP contribution is -2.33. The normalized spacial score (nSPS) is 12.0. The smallest absolute Gasteiger partial charge is 0.461 e. The fourth-order valence-corrected chi connectivity index (χ4v) is 2.12. The van der Waals surface area contributed by atoms with E-state index in [-0.39, 0.29) is 11.6 Å². The second-order valence-corrected chi connectivity index (χ2v) is 5.43. The fraction of sp³-hybridized carbons (Fsp3) is 0.176. The van der Waals surface area contributed by atoms with Crippen molar-refractivity contribution in [2.75, 3.05) is 12.4 Å². The maximum Gasteiger partial charge on any atom is 0.461 e. The van der Waals surface area contributed by atoms with Gasteiger partial charge in [-0.2, -0.15) is 22.6 Å². The van der Waals surface area contributed by atoms with Crippen molar-refractivity contribution >= 4 is 29.2 Å². The number of hydrogen-bond acceptors (Lipinski definition) is 3. The summed E-state index contributed by atoms with van der Waals surface area (Å²) in [5.74, 6) is -0.523. The lowest BCUT2D eigenvalue weighted by Gasteiger charge is -2.16. The number of rotatable bonds is 5. The van der Waals surface area contributed by atoms with Gasteiger partial charge in [0.1, 0.15) is 5.75 Å². The van der Waals surface area contributed by atoms with Gasteiger partial charge in [-0.25, -0.2) is 4.79 Å². The number of urea groups is 1. The molecule has 1 N–H and O–H groups in total. The van der Waals surface area contributed by atoms with Crippen molar-refractivity contribution in [3.05, 3.63) is 59.1 Å². The SMILES string of the molecule is COC(=NC(=O)Nc1ccc(OC(F)(F)C(F)F)cc1)c1ccccc1Cl. The molecule has 0 bridgehead atoms. The number of halogens is 5. The van der Waals surface area contributed by atoms with E-state index in [1.807, 2.05) is 0 Å². The zero-order chi connectivity index (χ0) is 20.0. The van der Waals surface area contributed by atoms with Crippen LogP contribution >= 0.6 is 11.6 Å². The van der Waals surface area contributed by atoms with E-state index in [1.165, 1.54) is 19.2 Å². The van der Waals surface area contributed by atoms with Crippen LogP contribution < -0.4 is 10.1 Å². The summed E-state index contributed by atoms with van der Waals surface area (Å²) in [7, 11) is 1.31. The zero-order valence-corrected chi connectivity index (χ0v) is 14.5. The number of hydrogen-bond donors (Lipinski definition) is 1. The summed E-state index contributed by atoms with van der Waals surface area (Å²) in [6.07, 6.45) is -8.58. The molecule has 0 atom stereocenters. The Morgan fingerprint density at radius 1 is 1.15 bits per heavy atom. The van der Waals surface area contributed by atoms with Crippen molar-refractivity contribution in [2.24, 2.45) is 4.99 Å². The van der Waals surface area contributed by atoms with E-state index in [4.69, 9.17) is 16.3 Å². The number of ether oxygens (including phenoxy) is 2. The predicted molar refractivity (Wildman–Crippen MR) is 92.0 cm³/mol. The molecule has 2 aromatic carbocycles. The lowest BCUT2D eigenvalue weighted by molar-refractivity contribution is -0.253. The predicted octanol–water partition coefficient (Wildman–Crippen LogP) is 5.20. The van der Waals surface area contributed by atoms with Crippen LogP contribution in [0.1, 0.15) is 5.56 Å². The summed E-state index contributed by atoms with van der Waals surface area (Å²) in [5.41, 5.74) is 0.570. The van der Waals surface area contributed by atoms with Gasteiger partial charge < -0.3 is 14.8 Å². The van der Waals surface area contributed by atoms with Crippen LogP contribution in [0.3, 0.4) is 0 Å². The Morgan fingerprint density at radius 3 is 2.33 bits per heavy atom. The molecule has 10 heteroatoms. The van der Waals surface area contributed by atoms with Gasteiger partial charge in [0, 0.05) is 5.69 Å². The molecule has 0 saturated carbocycles. The molecular formula is C17H13ClF4N2O3. The van der Waals surface area contributed by atoms with Gasteiger partial charge in [-0.3, -0.25) is 0 Å². The number of amides is 2.